The molecule has 0 radical (unpaired) electrons. The molecule has 0 atom stereocenters. The largest absolute Gasteiger partial charge is 0.497 e. The van der Waals surface area contributed by atoms with E-state index in [1.807, 2.05) is 25.1 Å². The number of benzene rings is 3. The van der Waals surface area contributed by atoms with E-state index in [-0.39, 0.29) is 34.7 Å². The van der Waals surface area contributed by atoms with E-state index in [4.69, 9.17) is 18.9 Å². The summed E-state index contributed by atoms with van der Waals surface area (Å²) in [4.78, 5) is 25.5. The van der Waals surface area contributed by atoms with Gasteiger partial charge in [-0.2, -0.15) is 8.75 Å². The fourth-order valence-electron chi connectivity index (χ4n) is 4.92. The zero-order valence-corrected chi connectivity index (χ0v) is 23.6. The number of fused-ring (bicyclic) bond motifs is 2. The molecule has 0 spiro atoms. The first kappa shape index (κ1) is 27.7. The molecule has 2 aromatic heterocycles. The summed E-state index contributed by atoms with van der Waals surface area (Å²) in [6.07, 6.45) is 0.703. The number of carbonyl (C=O) groups is 2. The monoisotopic (exact) mass is 577 g/mol. The van der Waals surface area contributed by atoms with E-state index in [0.717, 1.165) is 22.8 Å². The van der Waals surface area contributed by atoms with E-state index in [1.54, 1.807) is 16.7 Å². The summed E-state index contributed by atoms with van der Waals surface area (Å²) in [6, 6.07) is 11.7. The molecule has 0 aliphatic carbocycles. The van der Waals surface area contributed by atoms with Crippen LogP contribution in [0.1, 0.15) is 39.8 Å². The topological polar surface area (TPSA) is 142 Å². The van der Waals surface area contributed by atoms with Crippen molar-refractivity contribution in [2.75, 3.05) is 27.9 Å². The van der Waals surface area contributed by atoms with Crippen molar-refractivity contribution in [3.05, 3.63) is 59.3 Å². The Morgan fingerprint density at radius 1 is 0.902 bits per heavy atom. The van der Waals surface area contributed by atoms with Gasteiger partial charge in [0.2, 0.25) is 5.75 Å². The first-order valence-corrected chi connectivity index (χ1v) is 13.4. The number of carboxylic acids is 2. The molecule has 0 saturated carbocycles. The van der Waals surface area contributed by atoms with Crippen molar-refractivity contribution < 1.29 is 38.7 Å². The van der Waals surface area contributed by atoms with Crippen molar-refractivity contribution in [2.45, 2.75) is 19.9 Å². The molecular formula is C29H27N3O8S. The summed E-state index contributed by atoms with van der Waals surface area (Å²) in [5, 5.41) is 21.2. The van der Waals surface area contributed by atoms with Gasteiger partial charge >= 0.3 is 11.9 Å². The zero-order chi connectivity index (χ0) is 29.3. The average molecular weight is 578 g/mol. The number of hydrogen-bond donors (Lipinski definition) is 2. The Labute approximate surface area is 238 Å². The summed E-state index contributed by atoms with van der Waals surface area (Å²) < 4.78 is 32.9. The van der Waals surface area contributed by atoms with Crippen molar-refractivity contribution in [1.29, 1.82) is 0 Å². The predicted molar refractivity (Wildman–Crippen MR) is 153 cm³/mol. The van der Waals surface area contributed by atoms with E-state index in [1.165, 1.54) is 33.5 Å². The van der Waals surface area contributed by atoms with Crippen molar-refractivity contribution >= 4 is 45.6 Å². The molecule has 41 heavy (non-hydrogen) atoms. The third kappa shape index (κ3) is 4.86. The van der Waals surface area contributed by atoms with Gasteiger partial charge in [0.05, 0.1) is 56.1 Å². The number of hydrogen-bond acceptors (Lipinski definition) is 9. The van der Waals surface area contributed by atoms with Crippen LogP contribution in [0.2, 0.25) is 0 Å². The van der Waals surface area contributed by atoms with Crippen LogP contribution in [-0.2, 0) is 6.54 Å². The molecule has 5 aromatic rings. The maximum atomic E-state index is 13.0. The number of methoxy groups -OCH3 is 3. The number of rotatable bonds is 11. The second-order valence-corrected chi connectivity index (χ2v) is 9.63. The Balaban J connectivity index is 1.92. The fraction of sp³-hybridized carbons (Fsp3) is 0.241. The van der Waals surface area contributed by atoms with Crippen LogP contribution >= 0.6 is 11.7 Å². The van der Waals surface area contributed by atoms with Gasteiger partial charge in [0.1, 0.15) is 22.5 Å². The number of nitrogens with zero attached hydrogens (tertiary/aromatic N) is 3. The van der Waals surface area contributed by atoms with Crippen molar-refractivity contribution in [2.24, 2.45) is 0 Å². The maximum Gasteiger partial charge on any atom is 0.353 e. The van der Waals surface area contributed by atoms with Crippen LogP contribution in [0, 0.1) is 0 Å². The van der Waals surface area contributed by atoms with Crippen molar-refractivity contribution in [1.82, 2.24) is 13.3 Å². The zero-order valence-electron chi connectivity index (χ0n) is 22.8. The minimum absolute atomic E-state index is 0.128. The fourth-order valence-corrected chi connectivity index (χ4v) is 5.44. The Morgan fingerprint density at radius 3 is 2.34 bits per heavy atom. The van der Waals surface area contributed by atoms with Gasteiger partial charge in [-0.25, -0.2) is 9.59 Å². The summed E-state index contributed by atoms with van der Waals surface area (Å²) in [5.41, 5.74) is 2.75. The molecule has 0 amide bonds. The van der Waals surface area contributed by atoms with Gasteiger partial charge in [-0.3, -0.25) is 0 Å². The molecule has 0 saturated heterocycles. The van der Waals surface area contributed by atoms with Gasteiger partial charge in [-0.15, -0.1) is 0 Å². The van der Waals surface area contributed by atoms with Crippen molar-refractivity contribution in [3.8, 4) is 34.1 Å². The van der Waals surface area contributed by atoms with Crippen LogP contribution in [-0.4, -0.2) is 63.4 Å². The predicted octanol–water partition coefficient (Wildman–Crippen LogP) is 5.57. The average Bonchev–Trinajstić information content (AvgIpc) is 3.57. The van der Waals surface area contributed by atoms with E-state index in [9.17, 15) is 19.8 Å². The molecule has 212 valence electrons. The smallest absolute Gasteiger partial charge is 0.353 e. The number of ether oxygens (including phenoxy) is 4. The van der Waals surface area contributed by atoms with E-state index in [0.29, 0.717) is 46.7 Å². The van der Waals surface area contributed by atoms with Crippen LogP contribution in [0.15, 0.2) is 42.5 Å². The Kier molecular flexibility index (Phi) is 7.66. The van der Waals surface area contributed by atoms with Crippen LogP contribution < -0.4 is 18.9 Å². The highest BCUT2D eigenvalue weighted by Crippen LogP contribution is 2.50. The van der Waals surface area contributed by atoms with Crippen LogP contribution in [0.25, 0.3) is 33.1 Å². The molecule has 2 heterocycles. The molecule has 0 fully saturated rings. The minimum atomic E-state index is -1.25. The number of aromatic carboxylic acids is 2. The molecule has 2 N–H and O–H groups in total. The highest BCUT2D eigenvalue weighted by atomic mass is 32.1. The van der Waals surface area contributed by atoms with Crippen molar-refractivity contribution in [3.63, 3.8) is 0 Å². The molecule has 12 heteroatoms. The standard InChI is InChI=1S/C29H27N3O8S/c1-5-10-40-26-22(38-3)13-21-24(27(26)39-4)23(17-8-7-16(37-2)12-18(17)28(33)34)25(29(35)36)32(21)14-15-6-9-19-20(11-15)31-41-30-19/h6-9,11-13H,5,10,14H2,1-4H3,(H,33,34)(H,35,36). The second kappa shape index (κ2) is 11.3. The Bertz CT molecular complexity index is 1790. The minimum Gasteiger partial charge on any atom is -0.497 e. The Hall–Kier alpha value is -4.84. The molecule has 0 aliphatic rings. The lowest BCUT2D eigenvalue weighted by molar-refractivity contribution is 0.0678. The third-order valence-electron chi connectivity index (χ3n) is 6.69. The lowest BCUT2D eigenvalue weighted by Gasteiger charge is -2.17. The Morgan fingerprint density at radius 2 is 1.68 bits per heavy atom. The van der Waals surface area contributed by atoms with Gasteiger partial charge in [-0.1, -0.05) is 13.0 Å². The van der Waals surface area contributed by atoms with E-state index >= 15 is 0 Å². The van der Waals surface area contributed by atoms with Gasteiger partial charge in [0.25, 0.3) is 0 Å². The highest BCUT2D eigenvalue weighted by Gasteiger charge is 2.32. The highest BCUT2D eigenvalue weighted by molar-refractivity contribution is 7.00. The van der Waals surface area contributed by atoms with Gasteiger partial charge in [0, 0.05) is 18.2 Å². The first-order chi connectivity index (χ1) is 19.8. The van der Waals surface area contributed by atoms with Gasteiger partial charge < -0.3 is 33.7 Å². The molecule has 11 nitrogen and oxygen atoms in total. The number of aromatic nitrogens is 3. The summed E-state index contributed by atoms with van der Waals surface area (Å²) in [6.45, 7) is 2.43. The van der Waals surface area contributed by atoms with Gasteiger partial charge in [0.15, 0.2) is 11.5 Å². The molecule has 3 aromatic carbocycles. The summed E-state index contributed by atoms with van der Waals surface area (Å²) in [7, 11) is 4.36. The summed E-state index contributed by atoms with van der Waals surface area (Å²) >= 11 is 1.09. The van der Waals surface area contributed by atoms with E-state index < -0.39 is 11.9 Å². The lowest BCUT2D eigenvalue weighted by atomic mass is 9.95. The van der Waals surface area contributed by atoms with Crippen LogP contribution in [0.3, 0.4) is 0 Å². The SMILES string of the molecule is CCCOc1c(OC)cc2c(c1OC)c(-c1ccc(OC)cc1C(=O)O)c(C(=O)O)n2Cc1ccc2nsnc2c1. The lowest BCUT2D eigenvalue weighted by Crippen LogP contribution is -2.11. The molecular weight excluding hydrogens is 550 g/mol. The molecule has 5 rings (SSSR count). The summed E-state index contributed by atoms with van der Waals surface area (Å²) in [5.74, 6) is -1.31. The molecule has 0 bridgehead atoms. The quantitative estimate of drug-likeness (QED) is 0.204. The second-order valence-electron chi connectivity index (χ2n) is 9.10. The first-order valence-electron chi connectivity index (χ1n) is 12.6. The van der Waals surface area contributed by atoms with Crippen LogP contribution in [0.5, 0.6) is 23.0 Å². The van der Waals surface area contributed by atoms with E-state index in [2.05, 4.69) is 8.75 Å². The van der Waals surface area contributed by atoms with Gasteiger partial charge in [-0.05, 0) is 47.9 Å². The normalized spacial score (nSPS) is 11.1. The third-order valence-corrected chi connectivity index (χ3v) is 7.25. The number of carboxylic acid groups (broad SMARTS) is 2. The maximum absolute atomic E-state index is 13.0. The van der Waals surface area contributed by atoms with Crippen LogP contribution in [0.4, 0.5) is 0 Å². The molecule has 0 unspecified atom stereocenters. The molecule has 0 aliphatic heterocycles.